The number of hydrogen-bond donors (Lipinski definition) is 1. The van der Waals surface area contributed by atoms with Gasteiger partial charge in [-0.3, -0.25) is 4.40 Å². The second-order valence-corrected chi connectivity index (χ2v) is 10.2. The fraction of sp³-hybridized carbons (Fsp3) is 0.611. The van der Waals surface area contributed by atoms with Gasteiger partial charge in [-0.05, 0) is 37.7 Å². The maximum Gasteiger partial charge on any atom is 0.216 e. The van der Waals surface area contributed by atoms with Crippen LogP contribution in [0.15, 0.2) is 18.5 Å². The molecule has 9 heteroatoms. The first-order valence-electron chi connectivity index (χ1n) is 9.64. The van der Waals surface area contributed by atoms with E-state index in [0.29, 0.717) is 5.92 Å². The maximum absolute atomic E-state index is 12.7. The zero-order chi connectivity index (χ0) is 18.8. The van der Waals surface area contributed by atoms with Crippen molar-refractivity contribution < 1.29 is 8.42 Å². The maximum atomic E-state index is 12.7. The third kappa shape index (κ3) is 2.59. The van der Waals surface area contributed by atoms with Crippen LogP contribution in [0.25, 0.3) is 16.8 Å². The number of sulfonamides is 1. The molecule has 8 nitrogen and oxygen atoms in total. The first kappa shape index (κ1) is 17.1. The molecule has 5 rings (SSSR count). The predicted molar refractivity (Wildman–Crippen MR) is 102 cm³/mol. The number of rotatable bonds is 5. The van der Waals surface area contributed by atoms with Crippen LogP contribution in [0.1, 0.15) is 50.8 Å². The van der Waals surface area contributed by atoms with E-state index in [1.54, 1.807) is 17.5 Å². The summed E-state index contributed by atoms with van der Waals surface area (Å²) in [7, 11) is -1.41. The number of aromatic amines is 1. The van der Waals surface area contributed by atoms with Crippen LogP contribution in [0.2, 0.25) is 0 Å². The Labute approximate surface area is 158 Å². The van der Waals surface area contributed by atoms with E-state index in [2.05, 4.69) is 31.5 Å². The van der Waals surface area contributed by atoms with Crippen molar-refractivity contribution in [3.8, 4) is 0 Å². The van der Waals surface area contributed by atoms with E-state index in [9.17, 15) is 8.42 Å². The average Bonchev–Trinajstić information content (AvgIpc) is 3.10. The van der Waals surface area contributed by atoms with Gasteiger partial charge >= 0.3 is 0 Å². The standard InChI is InChI=1S/C18H24N6O2S/c1-3-11-8-12(23(2)27(25,26)13-4-5-13)9-14(11)18-22-21-16-10-20-17-15(24(16)18)6-7-19-17/h6-7,10-14,19H,3-5,8-9H2,1-2H3/t11-,12+,14+/m1/s1. The second-order valence-electron chi connectivity index (χ2n) is 7.88. The van der Waals surface area contributed by atoms with Crippen molar-refractivity contribution in [2.24, 2.45) is 5.92 Å². The molecule has 27 heavy (non-hydrogen) atoms. The molecule has 2 aliphatic carbocycles. The van der Waals surface area contributed by atoms with Gasteiger partial charge in [-0.2, -0.15) is 0 Å². The molecule has 3 aromatic heterocycles. The van der Waals surface area contributed by atoms with Crippen LogP contribution < -0.4 is 0 Å². The number of nitrogens with one attached hydrogen (secondary N) is 1. The number of nitrogens with zero attached hydrogens (tertiary/aromatic N) is 5. The second kappa shape index (κ2) is 6.00. The molecule has 0 spiro atoms. The molecule has 0 aromatic carbocycles. The molecular formula is C18H24N6O2S. The summed E-state index contributed by atoms with van der Waals surface area (Å²) >= 11 is 0. The minimum Gasteiger partial charge on any atom is -0.345 e. The Hall–Kier alpha value is -2.00. The van der Waals surface area contributed by atoms with E-state index < -0.39 is 10.0 Å². The van der Waals surface area contributed by atoms with Crippen LogP contribution >= 0.6 is 0 Å². The highest BCUT2D eigenvalue weighted by atomic mass is 32.2. The fourth-order valence-corrected chi connectivity index (χ4v) is 6.40. The van der Waals surface area contributed by atoms with Crippen LogP contribution in [0.5, 0.6) is 0 Å². The molecule has 2 aliphatic rings. The molecular weight excluding hydrogens is 364 g/mol. The van der Waals surface area contributed by atoms with Crippen LogP contribution in [-0.2, 0) is 10.0 Å². The van der Waals surface area contributed by atoms with Gasteiger partial charge in [0.2, 0.25) is 10.0 Å². The van der Waals surface area contributed by atoms with Gasteiger partial charge in [-0.15, -0.1) is 10.2 Å². The van der Waals surface area contributed by atoms with Crippen molar-refractivity contribution >= 4 is 26.8 Å². The molecule has 3 heterocycles. The zero-order valence-corrected chi connectivity index (χ0v) is 16.4. The zero-order valence-electron chi connectivity index (χ0n) is 15.5. The Bertz CT molecular complexity index is 1100. The van der Waals surface area contributed by atoms with E-state index in [4.69, 9.17) is 0 Å². The number of H-pyrrole nitrogens is 1. The summed E-state index contributed by atoms with van der Waals surface area (Å²) in [5.74, 6) is 1.50. The van der Waals surface area contributed by atoms with Crippen molar-refractivity contribution in [1.82, 2.24) is 28.9 Å². The van der Waals surface area contributed by atoms with Gasteiger partial charge in [0, 0.05) is 25.2 Å². The summed E-state index contributed by atoms with van der Waals surface area (Å²) in [6.45, 7) is 2.17. The van der Waals surface area contributed by atoms with E-state index in [1.165, 1.54) is 0 Å². The Morgan fingerprint density at radius 1 is 1.30 bits per heavy atom. The lowest BCUT2D eigenvalue weighted by molar-refractivity contribution is 0.360. The molecule has 0 aliphatic heterocycles. The highest BCUT2D eigenvalue weighted by Crippen LogP contribution is 2.44. The minimum atomic E-state index is -3.17. The largest absolute Gasteiger partial charge is 0.345 e. The predicted octanol–water partition coefficient (Wildman–Crippen LogP) is 2.30. The van der Waals surface area contributed by atoms with E-state index >= 15 is 0 Å². The van der Waals surface area contributed by atoms with Gasteiger partial charge in [0.05, 0.1) is 17.0 Å². The highest BCUT2D eigenvalue weighted by Gasteiger charge is 2.45. The normalized spacial score (nSPS) is 26.6. The smallest absolute Gasteiger partial charge is 0.216 e. The van der Waals surface area contributed by atoms with E-state index in [1.807, 2.05) is 12.3 Å². The van der Waals surface area contributed by atoms with Gasteiger partial charge in [0.25, 0.3) is 0 Å². The van der Waals surface area contributed by atoms with Gasteiger partial charge in [0.15, 0.2) is 11.3 Å². The SMILES string of the molecule is CC[C@@H]1C[C@H](N(C)S(=O)(=O)C2CC2)C[C@@H]1c1nnc2cnc3[nH]ccc3n12. The first-order valence-corrected chi connectivity index (χ1v) is 11.1. The third-order valence-electron chi connectivity index (χ3n) is 6.35. The summed E-state index contributed by atoms with van der Waals surface area (Å²) in [5.41, 5.74) is 2.50. The first-order chi connectivity index (χ1) is 13.0. The minimum absolute atomic E-state index is 0.0291. The lowest BCUT2D eigenvalue weighted by atomic mass is 9.93. The number of aromatic nitrogens is 5. The lowest BCUT2D eigenvalue weighted by Crippen LogP contribution is -2.37. The third-order valence-corrected chi connectivity index (χ3v) is 8.77. The van der Waals surface area contributed by atoms with Gasteiger partial charge in [-0.1, -0.05) is 13.3 Å². The lowest BCUT2D eigenvalue weighted by Gasteiger charge is -2.24. The molecule has 0 unspecified atom stereocenters. The summed E-state index contributed by atoms with van der Waals surface area (Å²) in [4.78, 5) is 7.52. The summed E-state index contributed by atoms with van der Waals surface area (Å²) in [6, 6.07) is 2.01. The van der Waals surface area contributed by atoms with Gasteiger partial charge in [-0.25, -0.2) is 17.7 Å². The van der Waals surface area contributed by atoms with Crippen molar-refractivity contribution in [2.45, 2.75) is 56.2 Å². The molecule has 1 N–H and O–H groups in total. The van der Waals surface area contributed by atoms with Crippen molar-refractivity contribution in [1.29, 1.82) is 0 Å². The van der Waals surface area contributed by atoms with Gasteiger partial charge in [0.1, 0.15) is 5.82 Å². The van der Waals surface area contributed by atoms with Crippen LogP contribution in [-0.4, -0.2) is 55.6 Å². The molecule has 3 aromatic rings. The van der Waals surface area contributed by atoms with Crippen LogP contribution in [0.4, 0.5) is 0 Å². The fourth-order valence-electron chi connectivity index (χ4n) is 4.61. The average molecular weight is 388 g/mol. The number of hydrogen-bond acceptors (Lipinski definition) is 5. The van der Waals surface area contributed by atoms with Crippen molar-refractivity contribution in [2.75, 3.05) is 7.05 Å². The van der Waals surface area contributed by atoms with Gasteiger partial charge < -0.3 is 4.98 Å². The highest BCUT2D eigenvalue weighted by molar-refractivity contribution is 7.90. The monoisotopic (exact) mass is 388 g/mol. The molecule has 0 bridgehead atoms. The molecule has 0 radical (unpaired) electrons. The topological polar surface area (TPSA) is 96.2 Å². The quantitative estimate of drug-likeness (QED) is 0.723. The Morgan fingerprint density at radius 3 is 2.85 bits per heavy atom. The molecule has 0 saturated heterocycles. The number of fused-ring (bicyclic) bond motifs is 3. The van der Waals surface area contributed by atoms with E-state index in [-0.39, 0.29) is 17.2 Å². The molecule has 144 valence electrons. The Kier molecular flexibility index (Phi) is 3.80. The van der Waals surface area contributed by atoms with Crippen LogP contribution in [0.3, 0.4) is 0 Å². The molecule has 3 atom stereocenters. The molecule has 0 amide bonds. The van der Waals surface area contributed by atoms with Crippen molar-refractivity contribution in [3.63, 3.8) is 0 Å². The van der Waals surface area contributed by atoms with Crippen molar-refractivity contribution in [3.05, 3.63) is 24.3 Å². The molecule has 2 fully saturated rings. The summed E-state index contributed by atoms with van der Waals surface area (Å²) in [5, 5.41) is 8.66. The Balaban J connectivity index is 1.53. The molecule has 2 saturated carbocycles. The van der Waals surface area contributed by atoms with Crippen LogP contribution in [0, 0.1) is 5.92 Å². The summed E-state index contributed by atoms with van der Waals surface area (Å²) in [6.07, 6.45) is 7.85. The van der Waals surface area contributed by atoms with E-state index in [0.717, 1.165) is 54.7 Å². The summed E-state index contributed by atoms with van der Waals surface area (Å²) < 4.78 is 29.1. The Morgan fingerprint density at radius 2 is 2.11 bits per heavy atom.